The maximum absolute atomic E-state index is 12.3. The number of hydrogen-bond acceptors (Lipinski definition) is 2. The number of carbonyl (C=O) groups is 1. The first-order valence-corrected chi connectivity index (χ1v) is 7.94. The zero-order chi connectivity index (χ0) is 16.1. The summed E-state index contributed by atoms with van der Waals surface area (Å²) < 4.78 is 5.28. The highest BCUT2D eigenvalue weighted by Gasteiger charge is 2.16. The number of benzene rings is 1. The number of aryl methyl sites for hydroxylation is 1. The van der Waals surface area contributed by atoms with Crippen LogP contribution in [0.5, 0.6) is 0 Å². The molecule has 3 nitrogen and oxygen atoms in total. The van der Waals surface area contributed by atoms with Crippen LogP contribution < -0.4 is 5.32 Å². The van der Waals surface area contributed by atoms with E-state index in [-0.39, 0.29) is 5.91 Å². The van der Waals surface area contributed by atoms with E-state index in [9.17, 15) is 4.79 Å². The molecule has 2 rings (SSSR count). The predicted molar refractivity (Wildman–Crippen MR) is 90.3 cm³/mol. The molecule has 0 spiro atoms. The first-order valence-electron chi connectivity index (χ1n) is 7.94. The van der Waals surface area contributed by atoms with Gasteiger partial charge in [0.05, 0.1) is 6.26 Å². The van der Waals surface area contributed by atoms with Crippen molar-refractivity contribution in [2.24, 2.45) is 0 Å². The van der Waals surface area contributed by atoms with Crippen molar-refractivity contribution in [3.05, 3.63) is 53.5 Å². The summed E-state index contributed by atoms with van der Waals surface area (Å²) in [5.41, 5.74) is 3.37. The second-order valence-electron chi connectivity index (χ2n) is 6.25. The molecule has 0 saturated heterocycles. The van der Waals surface area contributed by atoms with Gasteiger partial charge in [0.1, 0.15) is 5.76 Å². The molecule has 0 aliphatic carbocycles. The third kappa shape index (κ3) is 4.00. The van der Waals surface area contributed by atoms with E-state index in [2.05, 4.69) is 51.2 Å². The SMILES string of the molecule is CC(C)c1cccc(C(C)C)c1NC(=O)CCc1ccco1. The Balaban J connectivity index is 2.14. The normalized spacial score (nSPS) is 11.2. The van der Waals surface area contributed by atoms with Gasteiger partial charge in [0.15, 0.2) is 0 Å². The van der Waals surface area contributed by atoms with Crippen molar-refractivity contribution in [3.8, 4) is 0 Å². The van der Waals surface area contributed by atoms with Gasteiger partial charge in [0.25, 0.3) is 0 Å². The number of nitrogens with one attached hydrogen (secondary N) is 1. The van der Waals surface area contributed by atoms with Crippen molar-refractivity contribution >= 4 is 11.6 Å². The van der Waals surface area contributed by atoms with E-state index in [0.717, 1.165) is 11.4 Å². The second-order valence-corrected chi connectivity index (χ2v) is 6.25. The summed E-state index contributed by atoms with van der Waals surface area (Å²) in [6.07, 6.45) is 2.69. The summed E-state index contributed by atoms with van der Waals surface area (Å²) in [6.45, 7) is 8.60. The minimum Gasteiger partial charge on any atom is -0.469 e. The van der Waals surface area contributed by atoms with Crippen molar-refractivity contribution in [2.75, 3.05) is 5.32 Å². The van der Waals surface area contributed by atoms with Crippen LogP contribution in [0.25, 0.3) is 0 Å². The standard InChI is InChI=1S/C19H25NO2/c1-13(2)16-8-5-9-17(14(3)4)19(16)20-18(21)11-10-15-7-6-12-22-15/h5-9,12-14H,10-11H2,1-4H3,(H,20,21). The molecule has 1 aromatic carbocycles. The number of carbonyl (C=O) groups excluding carboxylic acids is 1. The van der Waals surface area contributed by atoms with Crippen molar-refractivity contribution in [2.45, 2.75) is 52.4 Å². The molecular weight excluding hydrogens is 274 g/mol. The minimum atomic E-state index is 0.0337. The van der Waals surface area contributed by atoms with Crippen LogP contribution in [0.4, 0.5) is 5.69 Å². The molecule has 1 amide bonds. The third-order valence-corrected chi connectivity index (χ3v) is 3.82. The fourth-order valence-electron chi connectivity index (χ4n) is 2.59. The summed E-state index contributed by atoms with van der Waals surface area (Å²) >= 11 is 0. The van der Waals surface area contributed by atoms with Crippen molar-refractivity contribution in [1.29, 1.82) is 0 Å². The average Bonchev–Trinajstić information content (AvgIpc) is 2.98. The van der Waals surface area contributed by atoms with E-state index in [4.69, 9.17) is 4.42 Å². The molecule has 0 radical (unpaired) electrons. The summed E-state index contributed by atoms with van der Waals surface area (Å²) in [5.74, 6) is 1.63. The van der Waals surface area contributed by atoms with Gasteiger partial charge in [-0.15, -0.1) is 0 Å². The van der Waals surface area contributed by atoms with E-state index in [1.54, 1.807) is 6.26 Å². The molecule has 0 fully saturated rings. The van der Waals surface area contributed by atoms with Crippen molar-refractivity contribution in [1.82, 2.24) is 0 Å². The van der Waals surface area contributed by atoms with E-state index in [1.807, 2.05) is 12.1 Å². The van der Waals surface area contributed by atoms with Gasteiger partial charge in [-0.25, -0.2) is 0 Å². The predicted octanol–water partition coefficient (Wildman–Crippen LogP) is 5.10. The van der Waals surface area contributed by atoms with Crippen molar-refractivity contribution in [3.63, 3.8) is 0 Å². The molecule has 118 valence electrons. The maximum Gasteiger partial charge on any atom is 0.224 e. The summed E-state index contributed by atoms with van der Waals surface area (Å²) in [4.78, 5) is 12.3. The fourth-order valence-corrected chi connectivity index (χ4v) is 2.59. The topological polar surface area (TPSA) is 42.2 Å². The fraction of sp³-hybridized carbons (Fsp3) is 0.421. The molecule has 22 heavy (non-hydrogen) atoms. The molecule has 0 atom stereocenters. The Morgan fingerprint density at radius 1 is 1.05 bits per heavy atom. The van der Waals surface area contributed by atoms with Crippen LogP contribution in [0.2, 0.25) is 0 Å². The number of hydrogen-bond donors (Lipinski definition) is 1. The maximum atomic E-state index is 12.3. The largest absolute Gasteiger partial charge is 0.469 e. The van der Waals surface area contributed by atoms with Crippen molar-refractivity contribution < 1.29 is 9.21 Å². The van der Waals surface area contributed by atoms with E-state index in [0.29, 0.717) is 24.7 Å². The number of para-hydroxylation sites is 1. The number of furan rings is 1. The minimum absolute atomic E-state index is 0.0337. The lowest BCUT2D eigenvalue weighted by atomic mass is 9.92. The highest BCUT2D eigenvalue weighted by molar-refractivity contribution is 5.92. The number of anilines is 1. The molecule has 0 aliphatic heterocycles. The summed E-state index contributed by atoms with van der Waals surface area (Å²) in [6, 6.07) is 10.0. The molecule has 0 unspecified atom stereocenters. The zero-order valence-corrected chi connectivity index (χ0v) is 13.8. The molecule has 0 bridgehead atoms. The third-order valence-electron chi connectivity index (χ3n) is 3.82. The average molecular weight is 299 g/mol. The highest BCUT2D eigenvalue weighted by atomic mass is 16.3. The van der Waals surface area contributed by atoms with Crippen LogP contribution in [0.1, 0.15) is 62.8 Å². The smallest absolute Gasteiger partial charge is 0.224 e. The molecule has 0 aliphatic rings. The molecule has 1 N–H and O–H groups in total. The van der Waals surface area contributed by atoms with Gasteiger partial charge in [-0.05, 0) is 35.1 Å². The van der Waals surface area contributed by atoms with E-state index in [1.165, 1.54) is 11.1 Å². The molecule has 0 saturated carbocycles. The number of amides is 1. The van der Waals surface area contributed by atoms with Crippen LogP contribution >= 0.6 is 0 Å². The Morgan fingerprint density at radius 3 is 2.18 bits per heavy atom. The zero-order valence-electron chi connectivity index (χ0n) is 13.8. The van der Waals surface area contributed by atoms with Crippen LogP contribution in [0.15, 0.2) is 41.0 Å². The summed E-state index contributed by atoms with van der Waals surface area (Å²) in [7, 11) is 0. The molecule has 2 aromatic rings. The van der Waals surface area contributed by atoms with Gasteiger partial charge in [-0.3, -0.25) is 4.79 Å². The van der Waals surface area contributed by atoms with Gasteiger partial charge < -0.3 is 9.73 Å². The Hall–Kier alpha value is -2.03. The van der Waals surface area contributed by atoms with Crippen LogP contribution in [-0.4, -0.2) is 5.91 Å². The lowest BCUT2D eigenvalue weighted by Crippen LogP contribution is -2.16. The monoisotopic (exact) mass is 299 g/mol. The van der Waals surface area contributed by atoms with Crippen LogP contribution in [0.3, 0.4) is 0 Å². The van der Waals surface area contributed by atoms with E-state index < -0.39 is 0 Å². The van der Waals surface area contributed by atoms with Crippen LogP contribution in [-0.2, 0) is 11.2 Å². The Kier molecular flexibility index (Phi) is 5.42. The lowest BCUT2D eigenvalue weighted by Gasteiger charge is -2.20. The van der Waals surface area contributed by atoms with Gasteiger partial charge in [0, 0.05) is 18.5 Å². The van der Waals surface area contributed by atoms with Gasteiger partial charge >= 0.3 is 0 Å². The lowest BCUT2D eigenvalue weighted by molar-refractivity contribution is -0.116. The quantitative estimate of drug-likeness (QED) is 0.806. The number of rotatable bonds is 6. The highest BCUT2D eigenvalue weighted by Crippen LogP contribution is 2.32. The first-order chi connectivity index (χ1) is 10.5. The molecular formula is C19H25NO2. The summed E-state index contributed by atoms with van der Waals surface area (Å²) in [5, 5.41) is 3.12. The van der Waals surface area contributed by atoms with Crippen LogP contribution in [0, 0.1) is 0 Å². The Bertz CT molecular complexity index is 586. The molecule has 1 aromatic heterocycles. The molecule has 3 heteroatoms. The molecule has 1 heterocycles. The Labute approximate surface area is 132 Å². The van der Waals surface area contributed by atoms with Gasteiger partial charge in [-0.2, -0.15) is 0 Å². The first kappa shape index (κ1) is 16.3. The second kappa shape index (κ2) is 7.30. The van der Waals surface area contributed by atoms with E-state index >= 15 is 0 Å². The van der Waals surface area contributed by atoms with Gasteiger partial charge in [0.2, 0.25) is 5.91 Å². The van der Waals surface area contributed by atoms with Gasteiger partial charge in [-0.1, -0.05) is 45.9 Å². The Morgan fingerprint density at radius 2 is 1.68 bits per heavy atom.